The Kier molecular flexibility index (Phi) is 9.11. The van der Waals surface area contributed by atoms with Gasteiger partial charge < -0.3 is 15.5 Å². The first-order chi connectivity index (χ1) is 18.7. The molecule has 4 heteroatoms. The number of urea groups is 1. The molecule has 39 heavy (non-hydrogen) atoms. The second-order valence-electron chi connectivity index (χ2n) is 15.5. The van der Waals surface area contributed by atoms with Gasteiger partial charge in [0.15, 0.2) is 0 Å². The molecule has 1 aliphatic heterocycles. The molecule has 4 nitrogen and oxygen atoms in total. The number of carbonyl (C=O) groups is 1. The molecule has 0 bridgehead atoms. The largest absolute Gasteiger partial charge is 0.333 e. The predicted molar refractivity (Wildman–Crippen MR) is 164 cm³/mol. The minimum atomic E-state index is 0.174. The van der Waals surface area contributed by atoms with E-state index in [0.29, 0.717) is 11.5 Å². The fourth-order valence-corrected chi connectivity index (χ4v) is 10.7. The van der Waals surface area contributed by atoms with Crippen molar-refractivity contribution in [3.05, 3.63) is 11.6 Å². The Morgan fingerprint density at radius 2 is 1.79 bits per heavy atom. The lowest BCUT2D eigenvalue weighted by atomic mass is 9.46. The molecule has 3 saturated carbocycles. The second kappa shape index (κ2) is 12.1. The number of fused-ring (bicyclic) bond motifs is 5. The van der Waals surface area contributed by atoms with Crippen LogP contribution in [-0.2, 0) is 0 Å². The Balaban J connectivity index is 1.29. The normalized spacial score (nSPS) is 40.9. The number of nitrogens with zero attached hydrogens (tertiary/aromatic N) is 1. The van der Waals surface area contributed by atoms with Crippen molar-refractivity contribution in [3.63, 3.8) is 0 Å². The van der Waals surface area contributed by atoms with Crippen molar-refractivity contribution < 1.29 is 4.79 Å². The van der Waals surface area contributed by atoms with E-state index in [4.69, 9.17) is 0 Å². The van der Waals surface area contributed by atoms with Crippen molar-refractivity contribution in [3.8, 4) is 0 Å². The summed E-state index contributed by atoms with van der Waals surface area (Å²) in [6, 6.07) is 0.760. The quantitative estimate of drug-likeness (QED) is 0.305. The van der Waals surface area contributed by atoms with Gasteiger partial charge in [-0.1, -0.05) is 72.5 Å². The van der Waals surface area contributed by atoms with E-state index in [1.54, 1.807) is 5.57 Å². The summed E-state index contributed by atoms with van der Waals surface area (Å²) in [4.78, 5) is 15.3. The molecule has 0 spiro atoms. The first-order valence-corrected chi connectivity index (χ1v) is 17.2. The highest BCUT2D eigenvalue weighted by Crippen LogP contribution is 2.67. The fraction of sp³-hybridized carbons (Fsp3) is 0.914. The molecule has 4 unspecified atom stereocenters. The average molecular weight is 540 g/mol. The molecule has 222 valence electrons. The van der Waals surface area contributed by atoms with E-state index in [2.05, 4.69) is 63.2 Å². The lowest BCUT2D eigenvalue weighted by Crippen LogP contribution is -2.61. The Morgan fingerprint density at radius 1 is 1.03 bits per heavy atom. The predicted octanol–water partition coefficient (Wildman–Crippen LogP) is 8.18. The average Bonchev–Trinajstić information content (AvgIpc) is 3.27. The number of likely N-dealkylation sites (tertiary alicyclic amines) is 1. The number of allylic oxidation sites excluding steroid dienone is 1. The van der Waals surface area contributed by atoms with Crippen LogP contribution in [0.4, 0.5) is 4.79 Å². The molecule has 0 radical (unpaired) electrons. The van der Waals surface area contributed by atoms with E-state index in [0.717, 1.165) is 74.4 Å². The standard InChI is InChI=1S/C35H61N3O/c1-7-36-32-23-35(6)26(22-31(32)37-33(39)38-20-9-8-10-21-38)14-15-27-29-17-16-28(25(4)13-11-12-24(2)3)34(29,5)19-18-30(27)35/h14,24-25,27-32,36H,7-13,15-23H2,1-6H3,(H,37,39)/t25-,27?,28-,29?,30?,31-,32?,34-,35+/m1/s1. The van der Waals surface area contributed by atoms with Crippen molar-refractivity contribution in [2.24, 2.45) is 46.3 Å². The van der Waals surface area contributed by atoms with Crippen LogP contribution in [0, 0.1) is 46.3 Å². The van der Waals surface area contributed by atoms with Gasteiger partial charge in [0, 0.05) is 25.2 Å². The van der Waals surface area contributed by atoms with Gasteiger partial charge in [-0.05, 0) is 117 Å². The molecule has 0 aromatic carbocycles. The van der Waals surface area contributed by atoms with E-state index >= 15 is 0 Å². The lowest BCUT2D eigenvalue weighted by molar-refractivity contribution is -0.0545. The first kappa shape index (κ1) is 29.5. The van der Waals surface area contributed by atoms with Gasteiger partial charge in [0.05, 0.1) is 0 Å². The number of rotatable bonds is 8. The van der Waals surface area contributed by atoms with E-state index < -0.39 is 0 Å². The zero-order chi connectivity index (χ0) is 27.8. The Labute approximate surface area is 240 Å². The van der Waals surface area contributed by atoms with Gasteiger partial charge in [0.1, 0.15) is 0 Å². The molecule has 2 N–H and O–H groups in total. The maximum Gasteiger partial charge on any atom is 0.317 e. The molecule has 0 aromatic rings. The Bertz CT molecular complexity index is 877. The third kappa shape index (κ3) is 5.71. The SMILES string of the molecule is CCNC1C[C@@]2(C)C(=CCC3C2CC[C@@]2(C)C3CC[C@@H]2[C@H](C)CCCC(C)C)C[C@H]1NC(=O)N1CCCCC1. The highest BCUT2D eigenvalue weighted by Gasteiger charge is 2.60. The zero-order valence-electron chi connectivity index (χ0n) is 26.4. The molecule has 1 heterocycles. The van der Waals surface area contributed by atoms with E-state index in [9.17, 15) is 4.79 Å². The fourth-order valence-electron chi connectivity index (χ4n) is 10.7. The van der Waals surface area contributed by atoms with Crippen molar-refractivity contribution in [2.45, 2.75) is 137 Å². The summed E-state index contributed by atoms with van der Waals surface area (Å²) in [7, 11) is 0. The zero-order valence-corrected chi connectivity index (χ0v) is 26.4. The summed E-state index contributed by atoms with van der Waals surface area (Å²) in [5, 5.41) is 7.35. The smallest absolute Gasteiger partial charge is 0.317 e. The number of carbonyl (C=O) groups excluding carboxylic acids is 1. The van der Waals surface area contributed by atoms with Crippen LogP contribution in [0.2, 0.25) is 0 Å². The molecule has 5 aliphatic rings. The number of likely N-dealkylation sites (N-methyl/N-ethyl adjacent to an activating group) is 1. The van der Waals surface area contributed by atoms with Crippen LogP contribution in [0.3, 0.4) is 0 Å². The van der Waals surface area contributed by atoms with Crippen molar-refractivity contribution in [1.82, 2.24) is 15.5 Å². The molecule has 1 saturated heterocycles. The number of piperidine rings is 1. The molecule has 5 rings (SSSR count). The van der Waals surface area contributed by atoms with Gasteiger partial charge in [-0.25, -0.2) is 4.79 Å². The van der Waals surface area contributed by atoms with Gasteiger partial charge in [-0.3, -0.25) is 0 Å². The summed E-state index contributed by atoms with van der Waals surface area (Å²) >= 11 is 0. The highest BCUT2D eigenvalue weighted by atomic mass is 16.2. The third-order valence-electron chi connectivity index (χ3n) is 12.8. The number of hydrogen-bond donors (Lipinski definition) is 2. The van der Waals surface area contributed by atoms with E-state index in [1.807, 2.05) is 0 Å². The van der Waals surface area contributed by atoms with Gasteiger partial charge in [-0.2, -0.15) is 0 Å². The summed E-state index contributed by atoms with van der Waals surface area (Å²) in [6.45, 7) is 17.7. The van der Waals surface area contributed by atoms with Crippen LogP contribution >= 0.6 is 0 Å². The summed E-state index contributed by atoms with van der Waals surface area (Å²) in [5.41, 5.74) is 2.49. The molecular formula is C35H61N3O. The van der Waals surface area contributed by atoms with Crippen LogP contribution in [0.1, 0.15) is 125 Å². The topological polar surface area (TPSA) is 44.4 Å². The number of nitrogens with one attached hydrogen (secondary N) is 2. The first-order valence-electron chi connectivity index (χ1n) is 17.2. The Morgan fingerprint density at radius 3 is 2.51 bits per heavy atom. The van der Waals surface area contributed by atoms with Crippen LogP contribution in [0.25, 0.3) is 0 Å². The van der Waals surface area contributed by atoms with Crippen molar-refractivity contribution in [1.29, 1.82) is 0 Å². The molecular weight excluding hydrogens is 478 g/mol. The third-order valence-corrected chi connectivity index (χ3v) is 12.8. The van der Waals surface area contributed by atoms with E-state index in [-0.39, 0.29) is 17.5 Å². The van der Waals surface area contributed by atoms with Crippen LogP contribution in [0.15, 0.2) is 11.6 Å². The maximum atomic E-state index is 13.2. The van der Waals surface area contributed by atoms with Gasteiger partial charge in [-0.15, -0.1) is 0 Å². The van der Waals surface area contributed by atoms with Crippen LogP contribution in [0.5, 0.6) is 0 Å². The van der Waals surface area contributed by atoms with Crippen LogP contribution in [-0.4, -0.2) is 42.6 Å². The van der Waals surface area contributed by atoms with Gasteiger partial charge >= 0.3 is 6.03 Å². The maximum absolute atomic E-state index is 13.2. The Hall–Kier alpha value is -1.03. The summed E-state index contributed by atoms with van der Waals surface area (Å²) < 4.78 is 0. The molecule has 9 atom stereocenters. The monoisotopic (exact) mass is 539 g/mol. The minimum Gasteiger partial charge on any atom is -0.333 e. The molecule has 4 fully saturated rings. The summed E-state index contributed by atoms with van der Waals surface area (Å²) in [6.07, 6.45) is 19.7. The van der Waals surface area contributed by atoms with Gasteiger partial charge in [0.25, 0.3) is 0 Å². The van der Waals surface area contributed by atoms with Crippen LogP contribution < -0.4 is 10.6 Å². The highest BCUT2D eigenvalue weighted by molar-refractivity contribution is 5.74. The molecule has 2 amide bonds. The lowest BCUT2D eigenvalue weighted by Gasteiger charge is -2.59. The molecule has 0 aromatic heterocycles. The van der Waals surface area contributed by atoms with Gasteiger partial charge in [0.2, 0.25) is 0 Å². The van der Waals surface area contributed by atoms with Crippen molar-refractivity contribution in [2.75, 3.05) is 19.6 Å². The van der Waals surface area contributed by atoms with Crippen molar-refractivity contribution >= 4 is 6.03 Å². The van der Waals surface area contributed by atoms with E-state index in [1.165, 1.54) is 64.2 Å². The summed E-state index contributed by atoms with van der Waals surface area (Å²) in [5.74, 6) is 5.19. The number of hydrogen-bond acceptors (Lipinski definition) is 2. The molecule has 4 aliphatic carbocycles. The number of amides is 2. The second-order valence-corrected chi connectivity index (χ2v) is 15.5. The minimum absolute atomic E-state index is 0.174.